The highest BCUT2D eigenvalue weighted by Gasteiger charge is 2.09. The number of H-pyrrole nitrogens is 1. The zero-order valence-corrected chi connectivity index (χ0v) is 11.8. The summed E-state index contributed by atoms with van der Waals surface area (Å²) in [5.74, 6) is 0. The van der Waals surface area contributed by atoms with Crippen molar-refractivity contribution in [3.8, 4) is 0 Å². The summed E-state index contributed by atoms with van der Waals surface area (Å²) in [7, 11) is 0. The van der Waals surface area contributed by atoms with Crippen molar-refractivity contribution in [3.63, 3.8) is 0 Å². The molecule has 0 saturated heterocycles. The van der Waals surface area contributed by atoms with Crippen molar-refractivity contribution in [1.29, 1.82) is 0 Å². The fourth-order valence-corrected chi connectivity index (χ4v) is 2.80. The van der Waals surface area contributed by atoms with E-state index in [2.05, 4.69) is 36.8 Å². The maximum absolute atomic E-state index is 12.4. The molecule has 0 saturated carbocycles. The van der Waals surface area contributed by atoms with E-state index in [0.29, 0.717) is 10.8 Å². The van der Waals surface area contributed by atoms with Gasteiger partial charge in [-0.05, 0) is 56.1 Å². The Hall–Kier alpha value is -1.13. The molecule has 0 aliphatic carbocycles. The number of hydrogen-bond acceptors (Lipinski definition) is 1. The molecule has 0 fully saturated rings. The first-order valence-corrected chi connectivity index (χ1v) is 6.66. The largest absolute Gasteiger partial charge is 0.354 e. The monoisotopic (exact) mass is 351 g/mol. The summed E-state index contributed by atoms with van der Waals surface area (Å²) in [6, 6.07) is 11.3. The third-order valence-electron chi connectivity index (χ3n) is 2.76. The Balaban J connectivity index is 2.66. The number of para-hydroxylation sites is 1. The van der Waals surface area contributed by atoms with Gasteiger partial charge in [0.15, 0.2) is 5.43 Å². The SMILES string of the molecule is O=c1c2ccccc2[nH]c2ccc(Br)c(Br)c12. The van der Waals surface area contributed by atoms with Crippen LogP contribution in [-0.4, -0.2) is 4.98 Å². The molecule has 0 unspecified atom stereocenters. The highest BCUT2D eigenvalue weighted by molar-refractivity contribution is 9.13. The second kappa shape index (κ2) is 3.96. The van der Waals surface area contributed by atoms with Gasteiger partial charge in [-0.15, -0.1) is 0 Å². The van der Waals surface area contributed by atoms with Crippen molar-refractivity contribution in [3.05, 3.63) is 55.6 Å². The summed E-state index contributed by atoms with van der Waals surface area (Å²) in [5.41, 5.74) is 1.74. The number of fused-ring (bicyclic) bond motifs is 2. The van der Waals surface area contributed by atoms with Gasteiger partial charge in [-0.2, -0.15) is 0 Å². The average Bonchev–Trinajstić information content (AvgIpc) is 2.34. The number of halogens is 2. The van der Waals surface area contributed by atoms with Crippen LogP contribution in [0, 0.1) is 0 Å². The van der Waals surface area contributed by atoms with E-state index in [0.717, 1.165) is 20.0 Å². The molecular formula is C13H7Br2NO. The number of aromatic nitrogens is 1. The predicted octanol–water partition coefficient (Wildman–Crippen LogP) is 4.21. The number of aromatic amines is 1. The summed E-state index contributed by atoms with van der Waals surface area (Å²) in [4.78, 5) is 15.7. The number of rotatable bonds is 0. The van der Waals surface area contributed by atoms with Crippen LogP contribution in [0.15, 0.2) is 50.1 Å². The lowest BCUT2D eigenvalue weighted by molar-refractivity contribution is 1.46. The van der Waals surface area contributed by atoms with Gasteiger partial charge in [0.05, 0.1) is 10.9 Å². The minimum Gasteiger partial charge on any atom is -0.354 e. The highest BCUT2D eigenvalue weighted by atomic mass is 79.9. The van der Waals surface area contributed by atoms with E-state index in [-0.39, 0.29) is 5.43 Å². The van der Waals surface area contributed by atoms with Crippen molar-refractivity contribution in [1.82, 2.24) is 4.98 Å². The molecule has 0 amide bonds. The molecule has 0 atom stereocenters. The first-order valence-electron chi connectivity index (χ1n) is 5.07. The lowest BCUT2D eigenvalue weighted by Gasteiger charge is -2.05. The van der Waals surface area contributed by atoms with Crippen molar-refractivity contribution in [2.24, 2.45) is 0 Å². The number of pyridine rings is 1. The Morgan fingerprint density at radius 1 is 0.941 bits per heavy atom. The number of hydrogen-bond donors (Lipinski definition) is 1. The normalized spacial score (nSPS) is 11.2. The molecule has 0 aliphatic heterocycles. The third kappa shape index (κ3) is 1.63. The molecule has 2 nitrogen and oxygen atoms in total. The van der Waals surface area contributed by atoms with Gasteiger partial charge in [-0.25, -0.2) is 0 Å². The summed E-state index contributed by atoms with van der Waals surface area (Å²) < 4.78 is 1.67. The molecule has 1 aromatic heterocycles. The molecule has 4 heteroatoms. The maximum Gasteiger partial charge on any atom is 0.198 e. The minimum atomic E-state index is 0.0440. The molecule has 2 aromatic carbocycles. The molecule has 17 heavy (non-hydrogen) atoms. The molecule has 0 bridgehead atoms. The predicted molar refractivity (Wildman–Crippen MR) is 77.5 cm³/mol. The second-order valence-corrected chi connectivity index (χ2v) is 5.43. The van der Waals surface area contributed by atoms with Crippen LogP contribution in [0.2, 0.25) is 0 Å². The van der Waals surface area contributed by atoms with Crippen LogP contribution < -0.4 is 5.43 Å². The van der Waals surface area contributed by atoms with E-state index in [4.69, 9.17) is 0 Å². The van der Waals surface area contributed by atoms with E-state index in [1.165, 1.54) is 0 Å². The van der Waals surface area contributed by atoms with Crippen LogP contribution in [0.1, 0.15) is 0 Å². The Morgan fingerprint density at radius 2 is 1.71 bits per heavy atom. The quantitative estimate of drug-likeness (QED) is 0.604. The van der Waals surface area contributed by atoms with Gasteiger partial charge < -0.3 is 4.98 Å². The molecule has 1 N–H and O–H groups in total. The summed E-state index contributed by atoms with van der Waals surface area (Å²) in [6.07, 6.45) is 0. The van der Waals surface area contributed by atoms with E-state index in [1.807, 2.05) is 36.4 Å². The third-order valence-corrected chi connectivity index (χ3v) is 4.78. The molecule has 0 spiro atoms. The van der Waals surface area contributed by atoms with Gasteiger partial charge in [0.1, 0.15) is 0 Å². The van der Waals surface area contributed by atoms with E-state index in [9.17, 15) is 4.79 Å². The first-order chi connectivity index (χ1) is 8.18. The Labute approximate surface area is 114 Å². The fourth-order valence-electron chi connectivity index (χ4n) is 1.95. The topological polar surface area (TPSA) is 32.9 Å². The molecule has 3 aromatic rings. The first kappa shape index (κ1) is 11.0. The Morgan fingerprint density at radius 3 is 2.53 bits per heavy atom. The van der Waals surface area contributed by atoms with Crippen molar-refractivity contribution in [2.45, 2.75) is 0 Å². The zero-order chi connectivity index (χ0) is 12.0. The summed E-state index contributed by atoms with van der Waals surface area (Å²) in [5, 5.41) is 1.39. The number of benzene rings is 2. The van der Waals surface area contributed by atoms with E-state index < -0.39 is 0 Å². The van der Waals surface area contributed by atoms with Crippen LogP contribution >= 0.6 is 31.9 Å². The maximum atomic E-state index is 12.4. The Kier molecular flexibility index (Phi) is 2.56. The molecule has 1 heterocycles. The zero-order valence-electron chi connectivity index (χ0n) is 8.63. The van der Waals surface area contributed by atoms with Gasteiger partial charge in [0.25, 0.3) is 0 Å². The van der Waals surface area contributed by atoms with E-state index in [1.54, 1.807) is 0 Å². The van der Waals surface area contributed by atoms with Gasteiger partial charge in [-0.1, -0.05) is 12.1 Å². The summed E-state index contributed by atoms with van der Waals surface area (Å²) >= 11 is 6.87. The molecule has 3 rings (SSSR count). The van der Waals surface area contributed by atoms with Crippen molar-refractivity contribution in [2.75, 3.05) is 0 Å². The lowest BCUT2D eigenvalue weighted by Crippen LogP contribution is -2.04. The van der Waals surface area contributed by atoms with Crippen LogP contribution in [-0.2, 0) is 0 Å². The molecule has 84 valence electrons. The highest BCUT2D eigenvalue weighted by Crippen LogP contribution is 2.29. The average molecular weight is 353 g/mol. The smallest absolute Gasteiger partial charge is 0.198 e. The van der Waals surface area contributed by atoms with Gasteiger partial charge >= 0.3 is 0 Å². The second-order valence-electron chi connectivity index (χ2n) is 3.78. The van der Waals surface area contributed by atoms with Gasteiger partial charge in [-0.3, -0.25) is 4.79 Å². The molecule has 0 aliphatic rings. The molecular weight excluding hydrogens is 346 g/mol. The van der Waals surface area contributed by atoms with Crippen LogP contribution in [0.4, 0.5) is 0 Å². The fraction of sp³-hybridized carbons (Fsp3) is 0. The minimum absolute atomic E-state index is 0.0440. The van der Waals surface area contributed by atoms with Crippen LogP contribution in [0.5, 0.6) is 0 Å². The standard InChI is InChI=1S/C13H7Br2NO/c14-8-5-6-10-11(12(8)15)13(17)7-3-1-2-4-9(7)16-10/h1-6H,(H,16,17). The van der Waals surface area contributed by atoms with Crippen molar-refractivity contribution >= 4 is 53.7 Å². The van der Waals surface area contributed by atoms with E-state index >= 15 is 0 Å². The van der Waals surface area contributed by atoms with Gasteiger partial charge in [0.2, 0.25) is 0 Å². The Bertz CT molecular complexity index is 792. The lowest BCUT2D eigenvalue weighted by atomic mass is 10.1. The van der Waals surface area contributed by atoms with Crippen LogP contribution in [0.25, 0.3) is 21.8 Å². The van der Waals surface area contributed by atoms with Crippen molar-refractivity contribution < 1.29 is 0 Å². The van der Waals surface area contributed by atoms with Crippen LogP contribution in [0.3, 0.4) is 0 Å². The van der Waals surface area contributed by atoms with Gasteiger partial charge in [0, 0.05) is 19.8 Å². The molecule has 0 radical (unpaired) electrons. The number of nitrogens with one attached hydrogen (secondary N) is 1. The summed E-state index contributed by atoms with van der Waals surface area (Å²) in [6.45, 7) is 0.